The number of allylic oxidation sites excluding steroid dienone is 1. The highest BCUT2D eigenvalue weighted by Crippen LogP contribution is 2.48. The second-order valence-electron chi connectivity index (χ2n) is 35.9. The molecule has 11 atom stereocenters. The van der Waals surface area contributed by atoms with Crippen molar-refractivity contribution < 1.29 is 124 Å². The minimum Gasteiger partial charge on any atom is -0.462 e. The van der Waals surface area contributed by atoms with E-state index >= 15 is 0 Å². The number of unbranched alkanes of at least 4 members (excludes halogenated alkanes) is 1. The number of benzene rings is 2. The number of ketones is 3. The fourth-order valence-electron chi connectivity index (χ4n) is 14.1. The third-order valence-electron chi connectivity index (χ3n) is 23.8. The highest BCUT2D eigenvalue weighted by Gasteiger charge is 2.52. The molecule has 2 aliphatic rings. The van der Waals surface area contributed by atoms with E-state index in [4.69, 9.17) is 56.8 Å². The zero-order chi connectivity index (χ0) is 97.3. The minimum absolute atomic E-state index is 0.00358. The van der Waals surface area contributed by atoms with Crippen molar-refractivity contribution in [2.45, 2.75) is 266 Å². The summed E-state index contributed by atoms with van der Waals surface area (Å²) in [5.74, 6) is -9.42. The molecule has 0 radical (unpaired) electrons. The number of likely N-dealkylation sites (N-methyl/N-ethyl adjacent to an activating group) is 2. The van der Waals surface area contributed by atoms with Gasteiger partial charge in [-0.25, -0.2) is 9.59 Å². The first-order valence-electron chi connectivity index (χ1n) is 46.3. The Balaban J connectivity index is 1.14. The Morgan fingerprint density at radius 3 is 1.70 bits per heavy atom. The number of nitrogens with zero attached hydrogens (tertiary/aromatic N) is 3. The third-order valence-corrected chi connectivity index (χ3v) is 29.8. The fourth-order valence-corrected chi connectivity index (χ4v) is 16.7. The maximum atomic E-state index is 14.4. The average molecular weight is 1860 g/mol. The van der Waals surface area contributed by atoms with Gasteiger partial charge in [0.05, 0.1) is 126 Å². The lowest BCUT2D eigenvalue weighted by atomic mass is 9.90. The van der Waals surface area contributed by atoms with Gasteiger partial charge in [0, 0.05) is 101 Å². The van der Waals surface area contributed by atoms with Crippen LogP contribution in [0.2, 0.25) is 23.7 Å². The first kappa shape index (κ1) is 114. The summed E-state index contributed by atoms with van der Waals surface area (Å²) in [5.41, 5.74) is 2.42. The first-order valence-corrected chi connectivity index (χ1v) is 49.3. The van der Waals surface area contributed by atoms with E-state index < -0.39 is 140 Å². The van der Waals surface area contributed by atoms with Gasteiger partial charge in [-0.1, -0.05) is 143 Å². The number of likely N-dealkylation sites (tertiary alicyclic amines) is 1. The van der Waals surface area contributed by atoms with Crippen LogP contribution in [0.3, 0.4) is 0 Å². The van der Waals surface area contributed by atoms with E-state index in [9.17, 15) is 67.1 Å². The van der Waals surface area contributed by atoms with Gasteiger partial charge in [0.1, 0.15) is 48.8 Å². The molecule has 2 aromatic carbocycles. The van der Waals surface area contributed by atoms with Crippen LogP contribution >= 0.6 is 0 Å². The van der Waals surface area contributed by atoms with Gasteiger partial charge in [0.25, 0.3) is 5.91 Å². The Hall–Kier alpha value is -9.04. The highest BCUT2D eigenvalue weighted by molar-refractivity contribution is 6.84. The molecular formula is C96H152N8O26Si. The molecule has 2 heterocycles. The second kappa shape index (κ2) is 61.0. The molecule has 5 N–H and O–H groups in total. The number of nitrogens with one attached hydrogen (secondary N) is 5. The Labute approximate surface area is 776 Å². The van der Waals surface area contributed by atoms with Gasteiger partial charge in [-0.05, 0) is 112 Å². The predicted octanol–water partition coefficient (Wildman–Crippen LogP) is 9.11. The van der Waals surface area contributed by atoms with Crippen molar-refractivity contribution >= 4 is 96.3 Å². The number of rotatable bonds is 54. The number of amides is 7. The standard InChI is InChI=1S/C96H152N8O26Si/c1-20-66(7)86-90(113)100-71(12)95(118)130-88(67(8)21-2)69(10)78(38-33-68(9)94(117)129-79(58-64(3)4)89(112)99-70(11)91(114)103(17)76(59-72-28-23-22-24-29-72)92(115)102(16)61-81(107)101-86)128-84(110)32-26-25-31-83(109)127-62-73-34-36-74(37-35-73)97-63-98-85(65(5)6)87(111)77(106)40-43-120-45-47-122-49-51-124-53-55-126-57-56-125-54-52-123-50-48-121-46-44-119-42-27-30-75(105)39-41-104-82(108)60-80(93(104)116)131(18,19)96(13,14)15/h21-24,28-29,33-37,64-66,69-71,76,78-80,85-86,88,97-98H,20,25-27,30-32,38-63H2,1-19H3,(H,99,112)(H,100,113)(H,101,107)/b67-21+,68-33+/t66-,69+,70+,71-,76-,78+,79-,80?,85+,86+,88-/m1/s1. The first-order chi connectivity index (χ1) is 62.1. The van der Waals surface area contributed by atoms with Crippen LogP contribution in [0.15, 0.2) is 77.9 Å². The maximum absolute atomic E-state index is 14.4. The Morgan fingerprint density at radius 1 is 0.626 bits per heavy atom. The van der Waals surface area contributed by atoms with Crippen LogP contribution in [-0.2, 0) is 137 Å². The SMILES string of the molecule is C/C=C(\C)[C@H]1OC(=O)[C@@H](C)NC(=O)[C@H]([C@H](C)CC)NC(=O)CN(C)C(=O)[C@@H](Cc2ccccc2)N(C)C(=O)[C@H](C)NC(=O)[C@@H](CC(C)C)OC(=O)/C(C)=C/C[C@H](OC(=O)CCCCC(=O)OCc2ccc(NCN[C@H](C(=O)C(=O)CCOCCOCCOCCOCCOCCOCCOCCOCCCC(=O)CCN3C(=O)CC([Si](C)(C)C(C)(C)C)C3=O)C(C)C)cc2)[C@@H]1C. The Bertz CT molecular complexity index is 3990. The van der Waals surface area contributed by atoms with Gasteiger partial charge in [-0.15, -0.1) is 0 Å². The summed E-state index contributed by atoms with van der Waals surface area (Å²) >= 11 is 0. The van der Waals surface area contributed by atoms with Crippen molar-refractivity contribution in [3.63, 3.8) is 0 Å². The number of hydrogen-bond acceptors (Lipinski definition) is 28. The summed E-state index contributed by atoms with van der Waals surface area (Å²) in [6.45, 7) is 36.4. The zero-order valence-electron chi connectivity index (χ0n) is 81.1. The Morgan fingerprint density at radius 2 is 1.17 bits per heavy atom. The summed E-state index contributed by atoms with van der Waals surface area (Å²) < 4.78 is 68.2. The van der Waals surface area contributed by atoms with E-state index in [1.165, 1.54) is 50.7 Å². The summed E-state index contributed by atoms with van der Waals surface area (Å²) in [4.78, 5) is 194. The molecule has 2 aliphatic heterocycles. The molecule has 1 unspecified atom stereocenters. The molecule has 131 heavy (non-hydrogen) atoms. The molecule has 736 valence electrons. The average Bonchev–Trinajstić information content (AvgIpc) is 1.62. The van der Waals surface area contributed by atoms with Crippen molar-refractivity contribution in [3.05, 3.63) is 89.0 Å². The smallest absolute Gasteiger partial charge is 0.334 e. The van der Waals surface area contributed by atoms with Gasteiger partial charge in [-0.2, -0.15) is 0 Å². The molecule has 0 spiro atoms. The largest absolute Gasteiger partial charge is 0.462 e. The summed E-state index contributed by atoms with van der Waals surface area (Å²) in [5, 5.41) is 14.4. The van der Waals surface area contributed by atoms with Crippen molar-refractivity contribution in [2.24, 2.45) is 23.7 Å². The van der Waals surface area contributed by atoms with E-state index in [2.05, 4.69) is 60.4 Å². The number of carbonyl (C=O) groups is 14. The minimum atomic E-state index is -2.04. The van der Waals surface area contributed by atoms with E-state index in [1.54, 1.807) is 88.4 Å². The number of carbonyl (C=O) groups excluding carboxylic acids is 14. The maximum Gasteiger partial charge on any atom is 0.334 e. The quantitative estimate of drug-likeness (QED) is 0.00602. The van der Waals surface area contributed by atoms with E-state index in [0.717, 1.165) is 4.90 Å². The highest BCUT2D eigenvalue weighted by atomic mass is 28.3. The van der Waals surface area contributed by atoms with Crippen molar-refractivity contribution in [1.29, 1.82) is 0 Å². The van der Waals surface area contributed by atoms with E-state index in [0.29, 0.717) is 128 Å². The van der Waals surface area contributed by atoms with Crippen LogP contribution in [0.5, 0.6) is 0 Å². The lowest BCUT2D eigenvalue weighted by Crippen LogP contribution is -2.57. The normalized spacial score (nSPS) is 21.1. The van der Waals surface area contributed by atoms with Crippen LogP contribution in [0, 0.1) is 23.7 Å². The third kappa shape index (κ3) is 42.0. The van der Waals surface area contributed by atoms with Crippen LogP contribution in [0.4, 0.5) is 5.69 Å². The number of imide groups is 1. The lowest BCUT2D eigenvalue weighted by molar-refractivity contribution is -0.161. The Kier molecular flexibility index (Phi) is 53.2. The van der Waals surface area contributed by atoms with Crippen LogP contribution < -0.4 is 26.6 Å². The molecule has 4 rings (SSSR count). The molecule has 0 saturated carbocycles. The topological polar surface area (TPSA) is 420 Å². The van der Waals surface area contributed by atoms with Gasteiger partial charge in [0.2, 0.25) is 47.0 Å². The monoisotopic (exact) mass is 1860 g/mol. The summed E-state index contributed by atoms with van der Waals surface area (Å²) in [6.07, 6.45) is 1.56. The number of hydrogen-bond donors (Lipinski definition) is 5. The van der Waals surface area contributed by atoms with Gasteiger partial charge < -0.3 is 87.9 Å². The number of anilines is 1. The predicted molar refractivity (Wildman–Crippen MR) is 494 cm³/mol. The van der Waals surface area contributed by atoms with E-state index in [1.807, 2.05) is 34.6 Å². The van der Waals surface area contributed by atoms with Crippen molar-refractivity contribution in [3.8, 4) is 0 Å². The van der Waals surface area contributed by atoms with Crippen LogP contribution in [0.1, 0.15) is 192 Å². The number of ether oxygens (including phenoxy) is 12. The zero-order valence-corrected chi connectivity index (χ0v) is 82.1. The number of cyclic esters (lactones) is 2. The van der Waals surface area contributed by atoms with E-state index in [-0.39, 0.29) is 149 Å². The molecule has 1 saturated heterocycles. The van der Waals surface area contributed by atoms with Gasteiger partial charge in [-0.3, -0.25) is 67.8 Å². The number of Topliss-reactive ketones (excluding diaryl/α,β-unsaturated/α-hetero) is 3. The molecule has 1 fully saturated rings. The molecule has 0 aliphatic carbocycles. The second-order valence-corrected chi connectivity index (χ2v) is 41.6. The van der Waals surface area contributed by atoms with Gasteiger partial charge >= 0.3 is 23.9 Å². The lowest BCUT2D eigenvalue weighted by Gasteiger charge is -2.40. The molecule has 7 amide bonds. The fraction of sp³-hybridized carbons (Fsp3) is 0.688. The number of esters is 4. The summed E-state index contributed by atoms with van der Waals surface area (Å²) in [6, 6.07) is 10.4. The molecule has 0 bridgehead atoms. The molecule has 35 heteroatoms. The van der Waals surface area contributed by atoms with Crippen molar-refractivity contribution in [2.75, 3.05) is 145 Å². The molecule has 0 aromatic heterocycles. The molecule has 34 nitrogen and oxygen atoms in total. The molecular weight excluding hydrogens is 1710 g/mol. The van der Waals surface area contributed by atoms with Crippen LogP contribution in [0.25, 0.3) is 0 Å². The molecule has 2 aromatic rings. The van der Waals surface area contributed by atoms with Gasteiger partial charge in [0.15, 0.2) is 6.10 Å². The summed E-state index contributed by atoms with van der Waals surface area (Å²) in [7, 11) is 0.765. The van der Waals surface area contributed by atoms with Crippen molar-refractivity contribution in [1.82, 2.24) is 36.0 Å². The van der Waals surface area contributed by atoms with Crippen LogP contribution in [-0.4, -0.2) is 293 Å².